The van der Waals surface area contributed by atoms with Gasteiger partial charge in [0.25, 0.3) is 0 Å². The number of halogens is 1. The largest absolute Gasteiger partial charge is 0.358 e. The molecule has 0 radical (unpaired) electrons. The number of para-hydroxylation sites is 1. The molecule has 0 spiro atoms. The van der Waals surface area contributed by atoms with Crippen molar-refractivity contribution in [3.05, 3.63) is 107 Å². The van der Waals surface area contributed by atoms with Crippen LogP contribution < -0.4 is 10.6 Å². The number of carbonyl (C=O) groups is 2. The number of hydrogen-bond donors (Lipinski definition) is 3. The Bertz CT molecular complexity index is 1360. The highest BCUT2D eigenvalue weighted by Gasteiger charge is 2.24. The molecule has 1 aliphatic heterocycles. The quantitative estimate of drug-likeness (QED) is 0.417. The summed E-state index contributed by atoms with van der Waals surface area (Å²) in [6.45, 7) is 0.354. The molecular formula is C29H28FN3O2. The van der Waals surface area contributed by atoms with Crippen LogP contribution in [-0.2, 0) is 41.8 Å². The lowest BCUT2D eigenvalue weighted by atomic mass is 9.99. The molecule has 1 aliphatic rings. The first-order chi connectivity index (χ1) is 17.0. The Balaban J connectivity index is 1.45. The molecule has 1 atom stereocenters. The lowest BCUT2D eigenvalue weighted by molar-refractivity contribution is -0.128. The van der Waals surface area contributed by atoms with Crippen molar-refractivity contribution in [2.75, 3.05) is 0 Å². The Morgan fingerprint density at radius 2 is 1.74 bits per heavy atom. The van der Waals surface area contributed by atoms with Gasteiger partial charge in [0.05, 0.1) is 6.42 Å². The van der Waals surface area contributed by atoms with Crippen LogP contribution in [0.1, 0.15) is 34.4 Å². The lowest BCUT2D eigenvalue weighted by Crippen LogP contribution is -2.48. The van der Waals surface area contributed by atoms with Crippen molar-refractivity contribution < 1.29 is 14.0 Å². The first-order valence-corrected chi connectivity index (χ1v) is 12.0. The molecule has 2 bridgehead atoms. The van der Waals surface area contributed by atoms with E-state index in [0.29, 0.717) is 18.5 Å². The molecular weight excluding hydrogens is 441 g/mol. The number of aromatic nitrogens is 1. The van der Waals surface area contributed by atoms with Crippen molar-refractivity contribution in [2.24, 2.45) is 0 Å². The first kappa shape index (κ1) is 22.8. The summed E-state index contributed by atoms with van der Waals surface area (Å²) >= 11 is 0. The zero-order valence-corrected chi connectivity index (χ0v) is 19.4. The van der Waals surface area contributed by atoms with Crippen LogP contribution in [0.4, 0.5) is 4.39 Å². The third-order valence-corrected chi connectivity index (χ3v) is 6.55. The Morgan fingerprint density at radius 1 is 0.971 bits per heavy atom. The van der Waals surface area contributed by atoms with Crippen molar-refractivity contribution in [2.45, 2.75) is 44.7 Å². The van der Waals surface area contributed by atoms with Gasteiger partial charge in [-0.05, 0) is 59.7 Å². The second-order valence-corrected chi connectivity index (χ2v) is 9.15. The zero-order valence-electron chi connectivity index (χ0n) is 19.4. The number of hydrogen-bond acceptors (Lipinski definition) is 2. The third kappa shape index (κ3) is 5.43. The van der Waals surface area contributed by atoms with Gasteiger partial charge in [0.1, 0.15) is 11.9 Å². The maximum atomic E-state index is 14.4. The fourth-order valence-electron chi connectivity index (χ4n) is 4.88. The molecule has 2 heterocycles. The highest BCUT2D eigenvalue weighted by Crippen LogP contribution is 2.25. The van der Waals surface area contributed by atoms with E-state index in [1.54, 1.807) is 6.07 Å². The summed E-state index contributed by atoms with van der Waals surface area (Å²) < 4.78 is 14.4. The molecule has 0 fully saturated rings. The minimum absolute atomic E-state index is 0.174. The Morgan fingerprint density at radius 3 is 2.60 bits per heavy atom. The van der Waals surface area contributed by atoms with Crippen LogP contribution in [0, 0.1) is 5.82 Å². The van der Waals surface area contributed by atoms with E-state index in [2.05, 4.69) is 15.6 Å². The Labute approximate surface area is 203 Å². The lowest BCUT2D eigenvalue weighted by Gasteiger charge is -2.19. The number of aromatic amines is 1. The van der Waals surface area contributed by atoms with E-state index in [4.69, 9.17) is 0 Å². The molecule has 3 N–H and O–H groups in total. The molecule has 1 aromatic heterocycles. The summed E-state index contributed by atoms with van der Waals surface area (Å²) in [5, 5.41) is 6.87. The monoisotopic (exact) mass is 469 g/mol. The van der Waals surface area contributed by atoms with Gasteiger partial charge in [0.2, 0.25) is 11.8 Å². The summed E-state index contributed by atoms with van der Waals surface area (Å²) in [6, 6.07) is 21.7. The maximum absolute atomic E-state index is 14.4. The van der Waals surface area contributed by atoms with E-state index >= 15 is 0 Å². The number of carbonyl (C=O) groups excluding carboxylic acids is 2. The predicted octanol–water partition coefficient (Wildman–Crippen LogP) is 4.38. The van der Waals surface area contributed by atoms with E-state index < -0.39 is 6.04 Å². The normalized spacial score (nSPS) is 16.4. The molecule has 5 nitrogen and oxygen atoms in total. The van der Waals surface area contributed by atoms with Crippen LogP contribution in [0.3, 0.4) is 0 Å². The van der Waals surface area contributed by atoms with Crippen molar-refractivity contribution >= 4 is 22.7 Å². The number of H-pyrrole nitrogens is 1. The van der Waals surface area contributed by atoms with Crippen LogP contribution in [0.15, 0.2) is 72.8 Å². The molecule has 178 valence electrons. The molecule has 3 aromatic carbocycles. The summed E-state index contributed by atoms with van der Waals surface area (Å²) in [5.74, 6) is -0.845. The van der Waals surface area contributed by atoms with E-state index in [1.807, 2.05) is 60.7 Å². The number of fused-ring (bicyclic) bond motifs is 5. The number of nitrogens with one attached hydrogen (secondary N) is 3. The summed E-state index contributed by atoms with van der Waals surface area (Å²) in [5.41, 5.74) is 5.52. The predicted molar refractivity (Wildman–Crippen MR) is 134 cm³/mol. The molecule has 0 saturated heterocycles. The molecule has 0 unspecified atom stereocenters. The number of amides is 2. The van der Waals surface area contributed by atoms with Gasteiger partial charge in [-0.3, -0.25) is 9.59 Å². The van der Waals surface area contributed by atoms with E-state index in [9.17, 15) is 14.0 Å². The first-order valence-electron chi connectivity index (χ1n) is 12.0. The van der Waals surface area contributed by atoms with Crippen LogP contribution in [0.25, 0.3) is 10.9 Å². The van der Waals surface area contributed by atoms with E-state index in [-0.39, 0.29) is 30.5 Å². The average molecular weight is 470 g/mol. The van der Waals surface area contributed by atoms with Gasteiger partial charge in [-0.15, -0.1) is 0 Å². The van der Waals surface area contributed by atoms with Gasteiger partial charge in [0.15, 0.2) is 0 Å². The smallest absolute Gasteiger partial charge is 0.243 e. The molecule has 35 heavy (non-hydrogen) atoms. The zero-order chi connectivity index (χ0) is 24.2. The Kier molecular flexibility index (Phi) is 6.62. The van der Waals surface area contributed by atoms with Crippen LogP contribution >= 0.6 is 0 Å². The number of benzene rings is 3. The minimum Gasteiger partial charge on any atom is -0.358 e. The van der Waals surface area contributed by atoms with E-state index in [1.165, 1.54) is 6.07 Å². The fourth-order valence-corrected chi connectivity index (χ4v) is 4.88. The molecule has 0 aliphatic carbocycles. The van der Waals surface area contributed by atoms with Crippen molar-refractivity contribution in [1.82, 2.24) is 15.6 Å². The van der Waals surface area contributed by atoms with E-state index in [0.717, 1.165) is 46.1 Å². The van der Waals surface area contributed by atoms with Gasteiger partial charge in [-0.25, -0.2) is 4.39 Å². The standard InChI is InChI=1S/C29H28FN3O2/c30-22-14-20-9-6-12-26-24(23-10-4-5-11-25(23)32-26)17-28(34)33-27(16-21(13-20)15-22)29(35)31-18-19-7-2-1-3-8-19/h1-5,7-8,10-11,13-15,27,32H,6,9,12,16-18H2,(H,31,35)(H,33,34)/t27-/m0/s1. The average Bonchev–Trinajstić information content (AvgIpc) is 3.19. The Hall–Kier alpha value is -3.93. The second-order valence-electron chi connectivity index (χ2n) is 9.15. The highest BCUT2D eigenvalue weighted by atomic mass is 19.1. The highest BCUT2D eigenvalue weighted by molar-refractivity contribution is 5.92. The summed E-state index contributed by atoms with van der Waals surface area (Å²) in [4.78, 5) is 29.8. The molecule has 5 rings (SSSR count). The van der Waals surface area contributed by atoms with Crippen LogP contribution in [0.2, 0.25) is 0 Å². The van der Waals surface area contributed by atoms with Crippen LogP contribution in [-0.4, -0.2) is 22.8 Å². The number of rotatable bonds is 3. The summed E-state index contributed by atoms with van der Waals surface area (Å²) in [6.07, 6.45) is 2.69. The summed E-state index contributed by atoms with van der Waals surface area (Å²) in [7, 11) is 0. The van der Waals surface area contributed by atoms with Crippen molar-refractivity contribution in [3.63, 3.8) is 0 Å². The van der Waals surface area contributed by atoms with Gasteiger partial charge in [0, 0.05) is 29.6 Å². The van der Waals surface area contributed by atoms with Gasteiger partial charge in [-0.1, -0.05) is 54.6 Å². The van der Waals surface area contributed by atoms with Gasteiger partial charge in [-0.2, -0.15) is 0 Å². The van der Waals surface area contributed by atoms with Crippen molar-refractivity contribution in [3.8, 4) is 0 Å². The number of aryl methyl sites for hydroxylation is 2. The third-order valence-electron chi connectivity index (χ3n) is 6.55. The second kappa shape index (κ2) is 10.1. The van der Waals surface area contributed by atoms with Gasteiger partial charge < -0.3 is 15.6 Å². The van der Waals surface area contributed by atoms with Crippen LogP contribution in [0.5, 0.6) is 0 Å². The minimum atomic E-state index is -0.810. The van der Waals surface area contributed by atoms with Gasteiger partial charge >= 0.3 is 0 Å². The fraction of sp³-hybridized carbons (Fsp3) is 0.241. The topological polar surface area (TPSA) is 74.0 Å². The van der Waals surface area contributed by atoms with Crippen molar-refractivity contribution in [1.29, 1.82) is 0 Å². The molecule has 4 aromatic rings. The molecule has 6 heteroatoms. The molecule has 0 saturated carbocycles. The SMILES string of the molecule is O=C1Cc2c([nH]c3ccccc23)CCCc2cc(F)cc(c2)C[C@@H](C(=O)NCc2ccccc2)N1. The molecule has 2 amide bonds. The maximum Gasteiger partial charge on any atom is 0.243 e.